The highest BCUT2D eigenvalue weighted by atomic mass is 16.5. The summed E-state index contributed by atoms with van der Waals surface area (Å²) in [5.74, 6) is 1.91. The molecule has 0 saturated carbocycles. The van der Waals surface area contributed by atoms with Gasteiger partial charge in [-0.15, -0.1) is 0 Å². The van der Waals surface area contributed by atoms with Crippen molar-refractivity contribution >= 4 is 16.7 Å². The molecule has 2 aromatic rings. The van der Waals surface area contributed by atoms with Crippen molar-refractivity contribution in [2.75, 3.05) is 31.6 Å². The first kappa shape index (κ1) is 14.6. The van der Waals surface area contributed by atoms with E-state index in [0.717, 1.165) is 42.0 Å². The van der Waals surface area contributed by atoms with Crippen LogP contribution >= 0.6 is 0 Å². The minimum atomic E-state index is 0.630. The first-order valence-electron chi connectivity index (χ1n) is 7.16. The van der Waals surface area contributed by atoms with Gasteiger partial charge in [0.1, 0.15) is 11.6 Å². The van der Waals surface area contributed by atoms with Gasteiger partial charge in [0.15, 0.2) is 0 Å². The molecule has 0 bridgehead atoms. The minimum Gasteiger partial charge on any atom is -0.497 e. The van der Waals surface area contributed by atoms with E-state index in [2.05, 4.69) is 24.8 Å². The first-order chi connectivity index (χ1) is 9.73. The number of rotatable bonds is 6. The molecule has 1 heterocycles. The highest BCUT2D eigenvalue weighted by molar-refractivity contribution is 5.83. The maximum atomic E-state index is 5.74. The first-order valence-corrected chi connectivity index (χ1v) is 7.16. The van der Waals surface area contributed by atoms with Crippen LogP contribution in [-0.2, 0) is 6.42 Å². The molecule has 0 saturated heterocycles. The summed E-state index contributed by atoms with van der Waals surface area (Å²) in [5, 5.41) is 1.10. The Morgan fingerprint density at radius 1 is 1.20 bits per heavy atom. The Labute approximate surface area is 120 Å². The van der Waals surface area contributed by atoms with Gasteiger partial charge in [0, 0.05) is 18.5 Å². The van der Waals surface area contributed by atoms with Crippen molar-refractivity contribution in [1.29, 1.82) is 0 Å². The molecule has 0 spiro atoms. The lowest BCUT2D eigenvalue weighted by atomic mass is 10.1. The zero-order valence-electron chi connectivity index (χ0n) is 12.5. The monoisotopic (exact) mass is 273 g/mol. The average Bonchev–Trinajstić information content (AvgIpc) is 2.48. The van der Waals surface area contributed by atoms with Crippen molar-refractivity contribution in [2.24, 2.45) is 5.73 Å². The lowest BCUT2D eigenvalue weighted by molar-refractivity contribution is 0.415. The van der Waals surface area contributed by atoms with E-state index in [9.17, 15) is 0 Å². The van der Waals surface area contributed by atoms with Gasteiger partial charge in [-0.3, -0.25) is 0 Å². The molecule has 0 aliphatic carbocycles. The SMILES string of the molecule is CCN(CC)c1nc2ccc(OC)cc2cc1CCN. The Morgan fingerprint density at radius 3 is 2.55 bits per heavy atom. The number of fused-ring (bicyclic) bond motifs is 1. The number of nitrogens with zero attached hydrogens (tertiary/aromatic N) is 2. The lowest BCUT2D eigenvalue weighted by Crippen LogP contribution is -2.25. The second-order valence-corrected chi connectivity index (χ2v) is 4.74. The van der Waals surface area contributed by atoms with Gasteiger partial charge in [-0.05, 0) is 56.6 Å². The molecule has 108 valence electrons. The smallest absolute Gasteiger partial charge is 0.132 e. The van der Waals surface area contributed by atoms with E-state index < -0.39 is 0 Å². The van der Waals surface area contributed by atoms with Crippen LogP contribution in [0.2, 0.25) is 0 Å². The van der Waals surface area contributed by atoms with Crippen LogP contribution in [0.1, 0.15) is 19.4 Å². The van der Waals surface area contributed by atoms with Gasteiger partial charge in [-0.25, -0.2) is 4.98 Å². The Kier molecular flexibility index (Phi) is 4.79. The molecule has 20 heavy (non-hydrogen) atoms. The van der Waals surface area contributed by atoms with Crippen molar-refractivity contribution in [1.82, 2.24) is 4.98 Å². The van der Waals surface area contributed by atoms with Crippen LogP contribution in [0.3, 0.4) is 0 Å². The fourth-order valence-corrected chi connectivity index (χ4v) is 2.45. The number of aromatic nitrogens is 1. The maximum absolute atomic E-state index is 5.74. The molecule has 0 aliphatic rings. The molecule has 2 N–H and O–H groups in total. The van der Waals surface area contributed by atoms with Gasteiger partial charge >= 0.3 is 0 Å². The van der Waals surface area contributed by atoms with Crippen LogP contribution in [0.15, 0.2) is 24.3 Å². The highest BCUT2D eigenvalue weighted by Crippen LogP contribution is 2.26. The molecule has 0 radical (unpaired) electrons. The lowest BCUT2D eigenvalue weighted by Gasteiger charge is -2.23. The molecule has 0 unspecified atom stereocenters. The number of hydrogen-bond donors (Lipinski definition) is 1. The summed E-state index contributed by atoms with van der Waals surface area (Å²) >= 11 is 0. The number of anilines is 1. The number of pyridine rings is 1. The van der Waals surface area contributed by atoms with Gasteiger partial charge in [0.05, 0.1) is 12.6 Å². The third-order valence-corrected chi connectivity index (χ3v) is 3.55. The van der Waals surface area contributed by atoms with E-state index in [4.69, 9.17) is 15.5 Å². The molecule has 1 aromatic carbocycles. The molecular weight excluding hydrogens is 250 g/mol. The average molecular weight is 273 g/mol. The van der Waals surface area contributed by atoms with Crippen molar-refractivity contribution in [2.45, 2.75) is 20.3 Å². The molecule has 0 aliphatic heterocycles. The fourth-order valence-electron chi connectivity index (χ4n) is 2.45. The molecule has 1 aromatic heterocycles. The van der Waals surface area contributed by atoms with Crippen molar-refractivity contribution in [3.8, 4) is 5.75 Å². The van der Waals surface area contributed by atoms with Gasteiger partial charge in [-0.2, -0.15) is 0 Å². The van der Waals surface area contributed by atoms with Crippen LogP contribution in [0.25, 0.3) is 10.9 Å². The summed E-state index contributed by atoms with van der Waals surface area (Å²) in [5.41, 5.74) is 7.94. The number of nitrogens with two attached hydrogens (primary N) is 1. The Balaban J connectivity index is 2.57. The standard InChI is InChI=1S/C16H23N3O/c1-4-19(5-2)16-12(8-9-17)10-13-11-14(20-3)6-7-15(13)18-16/h6-7,10-11H,4-5,8-9,17H2,1-3H3. The van der Waals surface area contributed by atoms with E-state index in [1.165, 1.54) is 5.56 Å². The molecule has 4 nitrogen and oxygen atoms in total. The summed E-state index contributed by atoms with van der Waals surface area (Å²) in [7, 11) is 1.68. The van der Waals surface area contributed by atoms with Crippen LogP contribution in [-0.4, -0.2) is 31.7 Å². The number of benzene rings is 1. The van der Waals surface area contributed by atoms with Crippen molar-refractivity contribution in [3.05, 3.63) is 29.8 Å². The predicted molar refractivity (Wildman–Crippen MR) is 84.6 cm³/mol. The zero-order chi connectivity index (χ0) is 14.5. The zero-order valence-corrected chi connectivity index (χ0v) is 12.5. The maximum Gasteiger partial charge on any atom is 0.132 e. The van der Waals surface area contributed by atoms with E-state index in [-0.39, 0.29) is 0 Å². The van der Waals surface area contributed by atoms with Crippen LogP contribution in [0.4, 0.5) is 5.82 Å². The Morgan fingerprint density at radius 2 is 1.95 bits per heavy atom. The highest BCUT2D eigenvalue weighted by Gasteiger charge is 2.12. The predicted octanol–water partition coefficient (Wildman–Crippen LogP) is 2.59. The van der Waals surface area contributed by atoms with E-state index in [1.807, 2.05) is 18.2 Å². The van der Waals surface area contributed by atoms with Crippen LogP contribution in [0, 0.1) is 0 Å². The van der Waals surface area contributed by atoms with Gasteiger partial charge in [-0.1, -0.05) is 0 Å². The Bertz CT molecular complexity index is 579. The van der Waals surface area contributed by atoms with Gasteiger partial charge in [0.2, 0.25) is 0 Å². The minimum absolute atomic E-state index is 0.630. The molecule has 0 fully saturated rings. The second-order valence-electron chi connectivity index (χ2n) is 4.74. The Hall–Kier alpha value is -1.81. The molecular formula is C16H23N3O. The van der Waals surface area contributed by atoms with Crippen LogP contribution in [0.5, 0.6) is 5.75 Å². The molecule has 0 amide bonds. The largest absolute Gasteiger partial charge is 0.497 e. The van der Waals surface area contributed by atoms with Crippen molar-refractivity contribution < 1.29 is 4.74 Å². The molecule has 2 rings (SSSR count). The van der Waals surface area contributed by atoms with E-state index in [0.29, 0.717) is 6.54 Å². The summed E-state index contributed by atoms with van der Waals surface area (Å²) < 4.78 is 5.28. The number of methoxy groups -OCH3 is 1. The third kappa shape index (κ3) is 2.85. The van der Waals surface area contributed by atoms with Gasteiger partial charge < -0.3 is 15.4 Å². The summed E-state index contributed by atoms with van der Waals surface area (Å²) in [4.78, 5) is 7.10. The summed E-state index contributed by atoms with van der Waals surface area (Å²) in [6, 6.07) is 8.16. The van der Waals surface area contributed by atoms with E-state index in [1.54, 1.807) is 7.11 Å². The normalized spacial score (nSPS) is 10.8. The second kappa shape index (κ2) is 6.57. The van der Waals surface area contributed by atoms with Gasteiger partial charge in [0.25, 0.3) is 0 Å². The number of hydrogen-bond acceptors (Lipinski definition) is 4. The molecule has 0 atom stereocenters. The summed E-state index contributed by atoms with van der Waals surface area (Å²) in [6.07, 6.45) is 0.839. The third-order valence-electron chi connectivity index (χ3n) is 3.55. The topological polar surface area (TPSA) is 51.4 Å². The van der Waals surface area contributed by atoms with Crippen LogP contribution < -0.4 is 15.4 Å². The van der Waals surface area contributed by atoms with Crippen molar-refractivity contribution in [3.63, 3.8) is 0 Å². The number of ether oxygens (including phenoxy) is 1. The summed E-state index contributed by atoms with van der Waals surface area (Å²) in [6.45, 7) is 6.82. The molecule has 4 heteroatoms. The fraction of sp³-hybridized carbons (Fsp3) is 0.438. The van der Waals surface area contributed by atoms with E-state index >= 15 is 0 Å². The quantitative estimate of drug-likeness (QED) is 0.879.